The van der Waals surface area contributed by atoms with Gasteiger partial charge in [0.2, 0.25) is 0 Å². The summed E-state index contributed by atoms with van der Waals surface area (Å²) in [6, 6.07) is 11.2. The molecule has 2 aromatic carbocycles. The third kappa shape index (κ3) is 4.98. The number of rotatable bonds is 5. The molecule has 5 nitrogen and oxygen atoms in total. The van der Waals surface area contributed by atoms with E-state index in [0.29, 0.717) is 6.07 Å². The summed E-state index contributed by atoms with van der Waals surface area (Å²) in [7, 11) is 0. The van der Waals surface area contributed by atoms with Crippen LogP contribution < -0.4 is 11.1 Å². The summed E-state index contributed by atoms with van der Waals surface area (Å²) < 4.78 is 42.6. The second kappa shape index (κ2) is 7.90. The lowest BCUT2D eigenvalue weighted by molar-refractivity contribution is -0.137. The Labute approximate surface area is 148 Å². The molecule has 0 unspecified atom stereocenters. The fourth-order valence-electron chi connectivity index (χ4n) is 2.24. The highest BCUT2D eigenvalue weighted by Crippen LogP contribution is 2.31. The van der Waals surface area contributed by atoms with Gasteiger partial charge in [-0.2, -0.15) is 13.2 Å². The number of esters is 1. The van der Waals surface area contributed by atoms with E-state index in [9.17, 15) is 22.8 Å². The minimum atomic E-state index is -4.57. The molecular weight excluding hydrogens is 349 g/mol. The number of nitrogens with two attached hydrogens (primary N) is 1. The number of halogens is 3. The number of nitrogens with one attached hydrogen (secondary N) is 1. The van der Waals surface area contributed by atoms with Crippen LogP contribution in [0.2, 0.25) is 0 Å². The predicted molar refractivity (Wildman–Crippen MR) is 89.1 cm³/mol. The van der Waals surface area contributed by atoms with E-state index in [1.807, 2.05) is 30.3 Å². The van der Waals surface area contributed by atoms with Crippen molar-refractivity contribution in [2.45, 2.75) is 19.1 Å². The van der Waals surface area contributed by atoms with Crippen LogP contribution in [0.1, 0.15) is 34.5 Å². The van der Waals surface area contributed by atoms with Gasteiger partial charge >= 0.3 is 12.1 Å². The standard InChI is InChI=1S/C18H17F3N2O3/c1-11(12-5-3-2-4-6-12)23-16(24)10-26-17(25)14-8-7-13(9-15(14)22)18(19,20)21/h2-9,11H,10,22H2,1H3,(H,23,24)/t11-/m1/s1. The molecule has 0 aliphatic carbocycles. The second-order valence-electron chi connectivity index (χ2n) is 5.58. The van der Waals surface area contributed by atoms with Gasteiger partial charge in [0.05, 0.1) is 17.2 Å². The number of anilines is 1. The number of hydrogen-bond acceptors (Lipinski definition) is 4. The maximum Gasteiger partial charge on any atom is 0.416 e. The first kappa shape index (κ1) is 19.3. The number of nitrogen functional groups attached to an aromatic ring is 1. The van der Waals surface area contributed by atoms with Crippen LogP contribution >= 0.6 is 0 Å². The summed E-state index contributed by atoms with van der Waals surface area (Å²) in [5.74, 6) is -1.51. The largest absolute Gasteiger partial charge is 0.452 e. The molecule has 0 spiro atoms. The smallest absolute Gasteiger partial charge is 0.416 e. The van der Waals surface area contributed by atoms with Gasteiger partial charge in [-0.3, -0.25) is 4.79 Å². The zero-order valence-corrected chi connectivity index (χ0v) is 13.8. The van der Waals surface area contributed by atoms with Crippen LogP contribution in [0.3, 0.4) is 0 Å². The van der Waals surface area contributed by atoms with Crippen LogP contribution in [-0.4, -0.2) is 18.5 Å². The third-order valence-corrected chi connectivity index (χ3v) is 3.61. The van der Waals surface area contributed by atoms with E-state index in [1.54, 1.807) is 6.92 Å². The quantitative estimate of drug-likeness (QED) is 0.628. The van der Waals surface area contributed by atoms with Crippen molar-refractivity contribution in [1.82, 2.24) is 5.32 Å². The molecule has 2 aromatic rings. The number of benzene rings is 2. The fourth-order valence-corrected chi connectivity index (χ4v) is 2.24. The van der Waals surface area contributed by atoms with Gasteiger partial charge in [0.25, 0.3) is 5.91 Å². The maximum absolute atomic E-state index is 12.6. The molecule has 1 atom stereocenters. The Morgan fingerprint density at radius 2 is 1.81 bits per heavy atom. The number of carbonyl (C=O) groups is 2. The van der Waals surface area contributed by atoms with Crippen molar-refractivity contribution >= 4 is 17.6 Å². The molecule has 0 saturated carbocycles. The molecule has 0 aliphatic heterocycles. The molecule has 0 heterocycles. The van der Waals surface area contributed by atoms with E-state index in [4.69, 9.17) is 10.5 Å². The lowest BCUT2D eigenvalue weighted by atomic mass is 10.1. The van der Waals surface area contributed by atoms with Crippen LogP contribution in [0.15, 0.2) is 48.5 Å². The molecule has 0 bridgehead atoms. The maximum atomic E-state index is 12.6. The van der Waals surface area contributed by atoms with E-state index in [0.717, 1.165) is 17.7 Å². The first-order valence-corrected chi connectivity index (χ1v) is 7.66. The highest BCUT2D eigenvalue weighted by atomic mass is 19.4. The molecule has 0 aliphatic rings. The molecule has 0 aromatic heterocycles. The van der Waals surface area contributed by atoms with Crippen molar-refractivity contribution in [2.75, 3.05) is 12.3 Å². The summed E-state index contributed by atoms with van der Waals surface area (Å²) >= 11 is 0. The second-order valence-corrected chi connectivity index (χ2v) is 5.58. The van der Waals surface area contributed by atoms with Gasteiger partial charge in [-0.25, -0.2) is 4.79 Å². The lowest BCUT2D eigenvalue weighted by Gasteiger charge is -2.14. The summed E-state index contributed by atoms with van der Waals surface area (Å²) in [5, 5.41) is 2.65. The van der Waals surface area contributed by atoms with Gasteiger partial charge in [0.15, 0.2) is 6.61 Å². The van der Waals surface area contributed by atoms with Crippen molar-refractivity contribution in [1.29, 1.82) is 0 Å². The lowest BCUT2D eigenvalue weighted by Crippen LogP contribution is -2.31. The van der Waals surface area contributed by atoms with E-state index in [-0.39, 0.29) is 17.3 Å². The number of carbonyl (C=O) groups excluding carboxylic acids is 2. The fraction of sp³-hybridized carbons (Fsp3) is 0.222. The monoisotopic (exact) mass is 366 g/mol. The Bertz CT molecular complexity index is 792. The number of hydrogen-bond donors (Lipinski definition) is 2. The van der Waals surface area contributed by atoms with Gasteiger partial charge in [0, 0.05) is 5.69 Å². The topological polar surface area (TPSA) is 81.4 Å². The van der Waals surface area contributed by atoms with E-state index in [2.05, 4.69) is 5.32 Å². The molecule has 1 amide bonds. The molecule has 26 heavy (non-hydrogen) atoms. The van der Waals surface area contributed by atoms with Gasteiger partial charge in [-0.1, -0.05) is 30.3 Å². The number of amides is 1. The van der Waals surface area contributed by atoms with Crippen LogP contribution in [0.4, 0.5) is 18.9 Å². The molecule has 2 rings (SSSR count). The highest BCUT2D eigenvalue weighted by Gasteiger charge is 2.31. The van der Waals surface area contributed by atoms with Gasteiger partial charge in [-0.15, -0.1) is 0 Å². The zero-order valence-electron chi connectivity index (χ0n) is 13.8. The first-order chi connectivity index (χ1) is 12.2. The van der Waals surface area contributed by atoms with Crippen LogP contribution in [0.25, 0.3) is 0 Å². The van der Waals surface area contributed by atoms with Crippen molar-refractivity contribution < 1.29 is 27.5 Å². The van der Waals surface area contributed by atoms with E-state index >= 15 is 0 Å². The third-order valence-electron chi connectivity index (χ3n) is 3.61. The number of ether oxygens (including phenoxy) is 1. The summed E-state index contributed by atoms with van der Waals surface area (Å²) in [4.78, 5) is 23.8. The van der Waals surface area contributed by atoms with Crippen molar-refractivity contribution in [3.63, 3.8) is 0 Å². The molecule has 138 valence electrons. The molecule has 0 radical (unpaired) electrons. The van der Waals surface area contributed by atoms with Gasteiger partial charge < -0.3 is 15.8 Å². The minimum absolute atomic E-state index is 0.234. The molecule has 3 N–H and O–H groups in total. The average Bonchev–Trinajstić information content (AvgIpc) is 2.59. The van der Waals surface area contributed by atoms with Crippen molar-refractivity contribution in [2.24, 2.45) is 0 Å². The van der Waals surface area contributed by atoms with Crippen LogP contribution in [0, 0.1) is 0 Å². The minimum Gasteiger partial charge on any atom is -0.452 e. The van der Waals surface area contributed by atoms with Gasteiger partial charge in [0.1, 0.15) is 0 Å². The van der Waals surface area contributed by atoms with E-state index < -0.39 is 30.2 Å². The Morgan fingerprint density at radius 3 is 2.38 bits per heavy atom. The molecule has 8 heteroatoms. The Kier molecular flexibility index (Phi) is 5.86. The molecule has 0 saturated heterocycles. The first-order valence-electron chi connectivity index (χ1n) is 7.66. The summed E-state index contributed by atoms with van der Waals surface area (Å²) in [6.07, 6.45) is -4.57. The zero-order chi connectivity index (χ0) is 19.3. The highest BCUT2D eigenvalue weighted by molar-refractivity contribution is 5.96. The summed E-state index contributed by atoms with van der Waals surface area (Å²) in [6.45, 7) is 1.19. The normalized spacial score (nSPS) is 12.3. The Morgan fingerprint density at radius 1 is 1.15 bits per heavy atom. The molecular formula is C18H17F3N2O3. The van der Waals surface area contributed by atoms with Crippen molar-refractivity contribution in [3.05, 3.63) is 65.2 Å². The van der Waals surface area contributed by atoms with Crippen LogP contribution in [0.5, 0.6) is 0 Å². The Hall–Kier alpha value is -3.03. The summed E-state index contributed by atoms with van der Waals surface area (Å²) in [5.41, 5.74) is 4.78. The predicted octanol–water partition coefficient (Wildman–Crippen LogP) is 3.32. The molecule has 0 fully saturated rings. The van der Waals surface area contributed by atoms with Crippen LogP contribution in [-0.2, 0) is 15.7 Å². The van der Waals surface area contributed by atoms with Gasteiger partial charge in [-0.05, 0) is 30.7 Å². The van der Waals surface area contributed by atoms with Crippen molar-refractivity contribution in [3.8, 4) is 0 Å². The SMILES string of the molecule is C[C@@H](NC(=O)COC(=O)c1ccc(C(F)(F)F)cc1N)c1ccccc1. The van der Waals surface area contributed by atoms with E-state index in [1.165, 1.54) is 0 Å². The number of alkyl halides is 3. The average molecular weight is 366 g/mol. The Balaban J connectivity index is 1.93.